The Morgan fingerprint density at radius 3 is 3.17 bits per heavy atom. The summed E-state index contributed by atoms with van der Waals surface area (Å²) in [7, 11) is 0. The molecule has 3 heterocycles. The first-order valence-electron chi connectivity index (χ1n) is 6.24. The third kappa shape index (κ3) is 2.37. The van der Waals surface area contributed by atoms with E-state index in [1.165, 1.54) is 0 Å². The molecule has 2 fully saturated rings. The summed E-state index contributed by atoms with van der Waals surface area (Å²) in [5, 5.41) is 10.9. The monoisotopic (exact) mass is 252 g/mol. The molecule has 7 heteroatoms. The van der Waals surface area contributed by atoms with Gasteiger partial charge >= 0.3 is 5.97 Å². The van der Waals surface area contributed by atoms with E-state index in [-0.39, 0.29) is 11.8 Å². The van der Waals surface area contributed by atoms with Gasteiger partial charge in [-0.2, -0.15) is 0 Å². The van der Waals surface area contributed by atoms with E-state index in [1.807, 2.05) is 0 Å². The van der Waals surface area contributed by atoms with Crippen LogP contribution in [0.1, 0.15) is 29.4 Å². The maximum Gasteiger partial charge on any atom is 0.360 e. The molecule has 0 bridgehead atoms. The summed E-state index contributed by atoms with van der Waals surface area (Å²) in [4.78, 5) is 11.7. The smallest absolute Gasteiger partial charge is 0.360 e. The number of nitrogens with zero attached hydrogens (tertiary/aromatic N) is 3. The standard InChI is InChI=1S/C11H16N4O3/c16-11(18-7-9-2-1-3-17-9)10-6-15(14-13-10)8-4-12-5-8/h6,8-9,12H,1-5,7H2. The zero-order valence-electron chi connectivity index (χ0n) is 10.0. The fourth-order valence-electron chi connectivity index (χ4n) is 2.03. The Bertz CT molecular complexity index is 424. The number of nitrogens with one attached hydrogen (secondary N) is 1. The summed E-state index contributed by atoms with van der Waals surface area (Å²) in [5.41, 5.74) is 0.264. The van der Waals surface area contributed by atoms with Crippen LogP contribution in [0.2, 0.25) is 0 Å². The molecule has 2 aliphatic rings. The molecule has 2 saturated heterocycles. The van der Waals surface area contributed by atoms with Crippen LogP contribution in [-0.2, 0) is 9.47 Å². The molecular formula is C11H16N4O3. The highest BCUT2D eigenvalue weighted by Gasteiger charge is 2.23. The number of carbonyl (C=O) groups excluding carboxylic acids is 1. The van der Waals surface area contributed by atoms with E-state index in [4.69, 9.17) is 9.47 Å². The molecule has 0 aromatic carbocycles. The van der Waals surface area contributed by atoms with Gasteiger partial charge in [0.2, 0.25) is 0 Å². The molecule has 3 rings (SSSR count). The molecule has 2 aliphatic heterocycles. The van der Waals surface area contributed by atoms with Crippen LogP contribution in [0.5, 0.6) is 0 Å². The van der Waals surface area contributed by atoms with Gasteiger partial charge in [-0.3, -0.25) is 0 Å². The molecule has 1 aromatic rings. The fourth-order valence-corrected chi connectivity index (χ4v) is 2.03. The van der Waals surface area contributed by atoms with Crippen LogP contribution in [-0.4, -0.2) is 53.4 Å². The maximum atomic E-state index is 11.7. The van der Waals surface area contributed by atoms with Gasteiger partial charge in [0.05, 0.1) is 18.3 Å². The predicted octanol–water partition coefficient (Wildman–Crippen LogP) is -0.242. The van der Waals surface area contributed by atoms with Gasteiger partial charge in [0.25, 0.3) is 0 Å². The highest BCUT2D eigenvalue weighted by Crippen LogP contribution is 2.13. The van der Waals surface area contributed by atoms with Crippen LogP contribution in [0.4, 0.5) is 0 Å². The Balaban J connectivity index is 1.52. The largest absolute Gasteiger partial charge is 0.458 e. The summed E-state index contributed by atoms with van der Waals surface area (Å²) in [6.07, 6.45) is 3.67. The number of rotatable bonds is 4. The molecule has 0 saturated carbocycles. The minimum Gasteiger partial charge on any atom is -0.458 e. The van der Waals surface area contributed by atoms with Gasteiger partial charge in [-0.25, -0.2) is 9.48 Å². The van der Waals surface area contributed by atoms with Crippen molar-refractivity contribution >= 4 is 5.97 Å². The van der Waals surface area contributed by atoms with E-state index < -0.39 is 5.97 Å². The second-order valence-corrected chi connectivity index (χ2v) is 4.63. The summed E-state index contributed by atoms with van der Waals surface area (Å²) in [5.74, 6) is -0.427. The third-order valence-corrected chi connectivity index (χ3v) is 3.28. The molecular weight excluding hydrogens is 236 g/mol. The molecule has 1 N–H and O–H groups in total. The number of aromatic nitrogens is 3. The van der Waals surface area contributed by atoms with E-state index in [2.05, 4.69) is 15.6 Å². The lowest BCUT2D eigenvalue weighted by Gasteiger charge is -2.26. The minimum atomic E-state index is -0.427. The average Bonchev–Trinajstić information content (AvgIpc) is 2.94. The van der Waals surface area contributed by atoms with Crippen molar-refractivity contribution < 1.29 is 14.3 Å². The Hall–Kier alpha value is -1.47. The van der Waals surface area contributed by atoms with Crippen molar-refractivity contribution in [1.29, 1.82) is 0 Å². The Labute approximate surface area is 104 Å². The van der Waals surface area contributed by atoms with Crippen molar-refractivity contribution in [2.45, 2.75) is 25.0 Å². The lowest BCUT2D eigenvalue weighted by atomic mass is 10.2. The van der Waals surface area contributed by atoms with E-state index in [1.54, 1.807) is 10.9 Å². The maximum absolute atomic E-state index is 11.7. The number of esters is 1. The van der Waals surface area contributed by atoms with E-state index in [0.29, 0.717) is 12.6 Å². The van der Waals surface area contributed by atoms with Crippen molar-refractivity contribution in [2.75, 3.05) is 26.3 Å². The average molecular weight is 252 g/mol. The highest BCUT2D eigenvalue weighted by atomic mass is 16.6. The van der Waals surface area contributed by atoms with Crippen molar-refractivity contribution in [3.8, 4) is 0 Å². The van der Waals surface area contributed by atoms with Gasteiger partial charge in [-0.05, 0) is 12.8 Å². The lowest BCUT2D eigenvalue weighted by Crippen LogP contribution is -2.43. The number of carbonyl (C=O) groups is 1. The Morgan fingerprint density at radius 1 is 1.61 bits per heavy atom. The van der Waals surface area contributed by atoms with Crippen LogP contribution in [0, 0.1) is 0 Å². The van der Waals surface area contributed by atoms with Gasteiger partial charge in [0, 0.05) is 19.7 Å². The fraction of sp³-hybridized carbons (Fsp3) is 0.727. The first kappa shape index (κ1) is 11.6. The SMILES string of the molecule is O=C(OCC1CCCO1)c1cn(C2CNC2)nn1. The molecule has 1 unspecified atom stereocenters. The molecule has 1 atom stereocenters. The Morgan fingerprint density at radius 2 is 2.50 bits per heavy atom. The topological polar surface area (TPSA) is 78.3 Å². The molecule has 0 aliphatic carbocycles. The van der Waals surface area contributed by atoms with Gasteiger partial charge in [-0.1, -0.05) is 5.21 Å². The quantitative estimate of drug-likeness (QED) is 0.745. The first-order valence-corrected chi connectivity index (χ1v) is 6.24. The van der Waals surface area contributed by atoms with Crippen molar-refractivity contribution in [1.82, 2.24) is 20.3 Å². The van der Waals surface area contributed by atoms with Crippen molar-refractivity contribution in [3.63, 3.8) is 0 Å². The predicted molar refractivity (Wildman–Crippen MR) is 61.2 cm³/mol. The highest BCUT2D eigenvalue weighted by molar-refractivity contribution is 5.86. The van der Waals surface area contributed by atoms with Gasteiger partial charge in [-0.15, -0.1) is 5.10 Å². The van der Waals surface area contributed by atoms with Crippen LogP contribution >= 0.6 is 0 Å². The minimum absolute atomic E-state index is 0.0415. The van der Waals surface area contributed by atoms with Crippen LogP contribution < -0.4 is 5.32 Å². The Kier molecular flexibility index (Phi) is 3.24. The summed E-state index contributed by atoms with van der Waals surface area (Å²) >= 11 is 0. The molecule has 18 heavy (non-hydrogen) atoms. The van der Waals surface area contributed by atoms with Gasteiger partial charge in [0.15, 0.2) is 5.69 Å². The number of hydrogen-bond acceptors (Lipinski definition) is 6. The second kappa shape index (κ2) is 5.03. The lowest BCUT2D eigenvalue weighted by molar-refractivity contribution is 0.0156. The summed E-state index contributed by atoms with van der Waals surface area (Å²) in [6.45, 7) is 2.80. The van der Waals surface area contributed by atoms with E-state index in [0.717, 1.165) is 32.5 Å². The molecule has 0 radical (unpaired) electrons. The second-order valence-electron chi connectivity index (χ2n) is 4.63. The van der Waals surface area contributed by atoms with Crippen LogP contribution in [0.15, 0.2) is 6.20 Å². The zero-order valence-corrected chi connectivity index (χ0v) is 10.0. The van der Waals surface area contributed by atoms with Crippen LogP contribution in [0.25, 0.3) is 0 Å². The zero-order chi connectivity index (χ0) is 12.4. The molecule has 0 amide bonds. The molecule has 7 nitrogen and oxygen atoms in total. The van der Waals surface area contributed by atoms with Crippen LogP contribution in [0.3, 0.4) is 0 Å². The van der Waals surface area contributed by atoms with Gasteiger partial charge < -0.3 is 14.8 Å². The van der Waals surface area contributed by atoms with Gasteiger partial charge in [0.1, 0.15) is 6.61 Å². The molecule has 0 spiro atoms. The first-order chi connectivity index (χ1) is 8.83. The van der Waals surface area contributed by atoms with E-state index in [9.17, 15) is 4.79 Å². The third-order valence-electron chi connectivity index (χ3n) is 3.28. The molecule has 1 aromatic heterocycles. The van der Waals surface area contributed by atoms with E-state index >= 15 is 0 Å². The molecule has 98 valence electrons. The summed E-state index contributed by atoms with van der Waals surface area (Å²) in [6, 6.07) is 0.303. The van der Waals surface area contributed by atoms with Crippen molar-refractivity contribution in [3.05, 3.63) is 11.9 Å². The van der Waals surface area contributed by atoms with Crippen molar-refractivity contribution in [2.24, 2.45) is 0 Å². The number of hydrogen-bond donors (Lipinski definition) is 1. The summed E-state index contributed by atoms with van der Waals surface area (Å²) < 4.78 is 12.3. The normalized spacial score (nSPS) is 23.9. The number of ether oxygens (including phenoxy) is 2.